The summed E-state index contributed by atoms with van der Waals surface area (Å²) in [6.07, 6.45) is 0. The summed E-state index contributed by atoms with van der Waals surface area (Å²) in [6, 6.07) is 12.5. The van der Waals surface area contributed by atoms with Crippen molar-refractivity contribution in [3.05, 3.63) is 56.5 Å². The summed E-state index contributed by atoms with van der Waals surface area (Å²) in [5.41, 5.74) is 3.45. The Bertz CT molecular complexity index is 600. The minimum atomic E-state index is 0.460. The van der Waals surface area contributed by atoms with Gasteiger partial charge < -0.3 is 10.1 Å². The van der Waals surface area contributed by atoms with Crippen LogP contribution in [0.1, 0.15) is 11.1 Å². The van der Waals surface area contributed by atoms with E-state index < -0.39 is 0 Å². The summed E-state index contributed by atoms with van der Waals surface area (Å²) in [5.74, 6) is 0.803. The Morgan fingerprint density at radius 1 is 1.10 bits per heavy atom. The zero-order valence-corrected chi connectivity index (χ0v) is 15.2. The number of hydrogen-bond acceptors (Lipinski definition) is 3. The number of anilines is 1. The first-order valence-corrected chi connectivity index (χ1v) is 8.24. The van der Waals surface area contributed by atoms with E-state index in [0.717, 1.165) is 26.9 Å². The zero-order chi connectivity index (χ0) is 15.2. The molecule has 0 spiro atoms. The second-order valence-corrected chi connectivity index (χ2v) is 6.51. The lowest BCUT2D eigenvalue weighted by atomic mass is 10.1. The fraction of sp³-hybridized carbons (Fsp3) is 0.250. The van der Waals surface area contributed by atoms with E-state index >= 15 is 0 Å². The second-order valence-electron chi connectivity index (χ2n) is 4.74. The molecule has 0 saturated heterocycles. The van der Waals surface area contributed by atoms with Crippen molar-refractivity contribution in [3.63, 3.8) is 0 Å². The number of hydrogen-bond donors (Lipinski definition) is 2. The third-order valence-electron chi connectivity index (χ3n) is 2.98. The first-order valence-electron chi connectivity index (χ1n) is 6.66. The highest BCUT2D eigenvalue weighted by atomic mass is 79.9. The largest absolute Gasteiger partial charge is 0.476 e. The summed E-state index contributed by atoms with van der Waals surface area (Å²) in [6.45, 7) is 3.30. The van der Waals surface area contributed by atoms with Gasteiger partial charge in [0.05, 0.1) is 5.69 Å². The third-order valence-corrected chi connectivity index (χ3v) is 4.06. The number of rotatable bonds is 6. The Morgan fingerprint density at radius 2 is 1.81 bits per heavy atom. The van der Waals surface area contributed by atoms with Crippen molar-refractivity contribution in [2.45, 2.75) is 13.5 Å². The van der Waals surface area contributed by atoms with Gasteiger partial charge in [0.25, 0.3) is 0 Å². The van der Waals surface area contributed by atoms with Crippen LogP contribution >= 0.6 is 31.9 Å². The predicted octanol–water partition coefficient (Wildman–Crippen LogP) is 4.69. The summed E-state index contributed by atoms with van der Waals surface area (Å²) in [5, 5.41) is 6.41. The van der Waals surface area contributed by atoms with Crippen LogP contribution in [-0.2, 0) is 6.54 Å². The van der Waals surface area contributed by atoms with E-state index in [1.807, 2.05) is 19.2 Å². The third kappa shape index (κ3) is 4.73. The normalized spacial score (nSPS) is 10.5. The van der Waals surface area contributed by atoms with E-state index in [-0.39, 0.29) is 0 Å². The van der Waals surface area contributed by atoms with E-state index in [9.17, 15) is 0 Å². The van der Waals surface area contributed by atoms with Crippen molar-refractivity contribution >= 4 is 37.5 Å². The van der Waals surface area contributed by atoms with Crippen molar-refractivity contribution in [1.29, 1.82) is 0 Å². The van der Waals surface area contributed by atoms with Gasteiger partial charge >= 0.3 is 0 Å². The maximum atomic E-state index is 5.72. The topological polar surface area (TPSA) is 33.3 Å². The van der Waals surface area contributed by atoms with E-state index in [1.165, 1.54) is 11.1 Å². The van der Waals surface area contributed by atoms with Crippen molar-refractivity contribution in [2.75, 3.05) is 19.1 Å². The van der Waals surface area contributed by atoms with E-state index in [0.29, 0.717) is 6.73 Å². The van der Waals surface area contributed by atoms with Crippen molar-refractivity contribution < 1.29 is 4.74 Å². The molecule has 0 unspecified atom stereocenters. The number of benzene rings is 2. The van der Waals surface area contributed by atoms with Gasteiger partial charge in [-0.3, -0.25) is 5.32 Å². The van der Waals surface area contributed by atoms with Crippen LogP contribution in [0.2, 0.25) is 0 Å². The maximum absolute atomic E-state index is 5.72. The average Bonchev–Trinajstić information content (AvgIpc) is 2.45. The number of ether oxygens (including phenoxy) is 1. The van der Waals surface area contributed by atoms with Crippen LogP contribution in [0, 0.1) is 6.92 Å². The Balaban J connectivity index is 2.15. The minimum absolute atomic E-state index is 0.460. The highest BCUT2D eigenvalue weighted by molar-refractivity contribution is 9.11. The predicted molar refractivity (Wildman–Crippen MR) is 94.9 cm³/mol. The lowest BCUT2D eigenvalue weighted by Crippen LogP contribution is -2.15. The van der Waals surface area contributed by atoms with Gasteiger partial charge in [0, 0.05) is 15.5 Å². The molecule has 0 saturated carbocycles. The van der Waals surface area contributed by atoms with Crippen molar-refractivity contribution in [2.24, 2.45) is 0 Å². The molecule has 0 aliphatic carbocycles. The standard InChI is InChI=1S/C16H18Br2N2O/c1-11-3-5-12(6-4-11)9-20-16-14(18)7-13(17)8-15(16)21-10-19-2/h3-8,19-20H,9-10H2,1-2H3. The van der Waals surface area contributed by atoms with Crippen LogP contribution in [0.15, 0.2) is 45.3 Å². The van der Waals surface area contributed by atoms with Gasteiger partial charge in [-0.1, -0.05) is 45.8 Å². The molecule has 112 valence electrons. The molecule has 0 radical (unpaired) electrons. The molecule has 21 heavy (non-hydrogen) atoms. The molecule has 3 nitrogen and oxygen atoms in total. The lowest BCUT2D eigenvalue weighted by molar-refractivity contribution is 0.297. The molecule has 0 aliphatic rings. The van der Waals surface area contributed by atoms with Gasteiger partial charge in [-0.2, -0.15) is 0 Å². The van der Waals surface area contributed by atoms with Crippen molar-refractivity contribution in [1.82, 2.24) is 5.32 Å². The molecule has 2 aromatic rings. The summed E-state index contributed by atoms with van der Waals surface area (Å²) in [4.78, 5) is 0. The highest BCUT2D eigenvalue weighted by Crippen LogP contribution is 2.36. The lowest BCUT2D eigenvalue weighted by Gasteiger charge is -2.15. The summed E-state index contributed by atoms with van der Waals surface area (Å²) < 4.78 is 7.66. The maximum Gasteiger partial charge on any atom is 0.146 e. The molecule has 2 N–H and O–H groups in total. The molecule has 0 atom stereocenters. The number of aryl methyl sites for hydroxylation is 1. The first-order chi connectivity index (χ1) is 10.1. The molecular formula is C16H18Br2N2O. The van der Waals surface area contributed by atoms with Crippen LogP contribution in [-0.4, -0.2) is 13.8 Å². The minimum Gasteiger partial charge on any atom is -0.476 e. The van der Waals surface area contributed by atoms with Crippen LogP contribution in [0.3, 0.4) is 0 Å². The van der Waals surface area contributed by atoms with E-state index in [4.69, 9.17) is 4.74 Å². The molecular weight excluding hydrogens is 396 g/mol. The van der Waals surface area contributed by atoms with Gasteiger partial charge in [0.1, 0.15) is 12.5 Å². The Morgan fingerprint density at radius 3 is 2.48 bits per heavy atom. The average molecular weight is 414 g/mol. The number of halogens is 2. The van der Waals surface area contributed by atoms with E-state index in [1.54, 1.807) is 0 Å². The smallest absolute Gasteiger partial charge is 0.146 e. The Hall–Kier alpha value is -1.04. The molecule has 2 rings (SSSR count). The van der Waals surface area contributed by atoms with Gasteiger partial charge in [-0.25, -0.2) is 0 Å². The van der Waals surface area contributed by atoms with Gasteiger partial charge in [0.15, 0.2) is 0 Å². The van der Waals surface area contributed by atoms with Crippen LogP contribution < -0.4 is 15.4 Å². The molecule has 0 aliphatic heterocycles. The summed E-state index contributed by atoms with van der Waals surface area (Å²) in [7, 11) is 1.85. The molecule has 0 bridgehead atoms. The van der Waals surface area contributed by atoms with Gasteiger partial charge in [-0.05, 0) is 47.6 Å². The monoisotopic (exact) mass is 412 g/mol. The number of nitrogens with one attached hydrogen (secondary N) is 2. The second kappa shape index (κ2) is 7.82. The van der Waals surface area contributed by atoms with Crippen LogP contribution in [0.5, 0.6) is 5.75 Å². The van der Waals surface area contributed by atoms with Gasteiger partial charge in [-0.15, -0.1) is 0 Å². The fourth-order valence-electron chi connectivity index (χ4n) is 1.88. The van der Waals surface area contributed by atoms with Crippen LogP contribution in [0.25, 0.3) is 0 Å². The highest BCUT2D eigenvalue weighted by Gasteiger charge is 2.10. The molecule has 0 amide bonds. The fourth-order valence-corrected chi connectivity index (χ4v) is 3.21. The van der Waals surface area contributed by atoms with Crippen molar-refractivity contribution in [3.8, 4) is 5.75 Å². The quantitative estimate of drug-likeness (QED) is 0.674. The molecule has 0 aromatic heterocycles. The Kier molecular flexibility index (Phi) is 6.08. The van der Waals surface area contributed by atoms with Gasteiger partial charge in [0.2, 0.25) is 0 Å². The van der Waals surface area contributed by atoms with Crippen LogP contribution in [0.4, 0.5) is 5.69 Å². The van der Waals surface area contributed by atoms with E-state index in [2.05, 4.69) is 73.7 Å². The SMILES string of the molecule is CNCOc1cc(Br)cc(Br)c1NCc1ccc(C)cc1. The first kappa shape index (κ1) is 16.3. The zero-order valence-electron chi connectivity index (χ0n) is 12.0. The molecule has 2 aromatic carbocycles. The molecule has 0 heterocycles. The Labute approximate surface area is 142 Å². The molecule has 5 heteroatoms. The summed E-state index contributed by atoms with van der Waals surface area (Å²) >= 11 is 7.07. The molecule has 0 fully saturated rings.